The molecule has 0 saturated heterocycles. The fourth-order valence-corrected chi connectivity index (χ4v) is 3.99. The Morgan fingerprint density at radius 3 is 0.982 bits per heavy atom. The molecule has 1 aromatic carbocycles. The topological polar surface area (TPSA) is 209 Å². The SMILES string of the molecule is Cc1nnc(-c2ccc(OCCOCCOCCOCCOCCOCCOCCOCCOCCOCCOCCOCCOCCC(=O)O)cc2)nn1. The Morgan fingerprint density at radius 1 is 0.418 bits per heavy atom. The summed E-state index contributed by atoms with van der Waals surface area (Å²) in [4.78, 5) is 10.3. The second-order valence-electron chi connectivity index (χ2n) is 11.1. The van der Waals surface area contributed by atoms with E-state index in [1.54, 1.807) is 6.92 Å². The van der Waals surface area contributed by atoms with Gasteiger partial charge in [0.25, 0.3) is 0 Å². The molecule has 0 radical (unpaired) electrons. The van der Waals surface area contributed by atoms with E-state index in [-0.39, 0.29) is 13.0 Å². The Balaban J connectivity index is 1.16. The zero-order valence-electron chi connectivity index (χ0n) is 32.1. The molecular weight excluding hydrogens is 728 g/mol. The van der Waals surface area contributed by atoms with Crippen molar-refractivity contribution in [3.63, 3.8) is 0 Å². The lowest BCUT2D eigenvalue weighted by atomic mass is 10.2. The zero-order valence-corrected chi connectivity index (χ0v) is 32.1. The van der Waals surface area contributed by atoms with Crippen LogP contribution in [0.2, 0.25) is 0 Å². The first-order chi connectivity index (χ1) is 27.1. The van der Waals surface area contributed by atoms with Gasteiger partial charge in [0.1, 0.15) is 12.4 Å². The highest BCUT2D eigenvalue weighted by atomic mass is 16.6. The maximum atomic E-state index is 10.3. The molecule has 2 rings (SSSR count). The van der Waals surface area contributed by atoms with Crippen LogP contribution in [0, 0.1) is 6.92 Å². The predicted octanol–water partition coefficient (Wildman–Crippen LogP) is 1.29. The zero-order chi connectivity index (χ0) is 39.1. The number of hydrogen-bond donors (Lipinski definition) is 1. The molecule has 0 saturated carbocycles. The number of nitrogens with zero attached hydrogens (tertiary/aromatic N) is 4. The molecule has 0 aliphatic heterocycles. The van der Waals surface area contributed by atoms with Crippen molar-refractivity contribution in [3.05, 3.63) is 30.1 Å². The van der Waals surface area contributed by atoms with Crippen LogP contribution in [0.3, 0.4) is 0 Å². The summed E-state index contributed by atoms with van der Waals surface area (Å²) in [5.74, 6) is 0.845. The molecule has 19 heteroatoms. The van der Waals surface area contributed by atoms with Crippen molar-refractivity contribution in [1.82, 2.24) is 20.4 Å². The van der Waals surface area contributed by atoms with Crippen LogP contribution < -0.4 is 4.74 Å². The van der Waals surface area contributed by atoms with Crippen molar-refractivity contribution in [3.8, 4) is 17.1 Å². The van der Waals surface area contributed by atoms with Crippen molar-refractivity contribution < 1.29 is 71.5 Å². The van der Waals surface area contributed by atoms with Crippen molar-refractivity contribution >= 4 is 5.97 Å². The third-order valence-corrected chi connectivity index (χ3v) is 6.74. The quantitative estimate of drug-likeness (QED) is 0.0942. The Kier molecular flexibility index (Phi) is 32.0. The van der Waals surface area contributed by atoms with E-state index in [1.807, 2.05) is 24.3 Å². The van der Waals surface area contributed by atoms with E-state index >= 15 is 0 Å². The smallest absolute Gasteiger partial charge is 0.305 e. The molecule has 1 aromatic heterocycles. The molecule has 0 spiro atoms. The molecule has 0 aliphatic carbocycles. The van der Waals surface area contributed by atoms with Crippen molar-refractivity contribution in [2.24, 2.45) is 0 Å². The lowest BCUT2D eigenvalue weighted by Crippen LogP contribution is -2.15. The van der Waals surface area contributed by atoms with Crippen LogP contribution in [0.5, 0.6) is 5.75 Å². The number of rotatable bonds is 41. The molecule has 1 heterocycles. The third kappa shape index (κ3) is 30.8. The molecule has 0 unspecified atom stereocenters. The fourth-order valence-electron chi connectivity index (χ4n) is 3.99. The monoisotopic (exact) mass is 788 g/mol. The maximum absolute atomic E-state index is 10.3. The van der Waals surface area contributed by atoms with Crippen molar-refractivity contribution in [2.75, 3.05) is 165 Å². The molecule has 314 valence electrons. The number of carboxylic acids is 1. The molecule has 19 nitrogen and oxygen atoms in total. The Bertz CT molecular complexity index is 1140. The highest BCUT2D eigenvalue weighted by Gasteiger charge is 2.04. The van der Waals surface area contributed by atoms with E-state index in [2.05, 4.69) is 20.4 Å². The molecule has 0 bridgehead atoms. The van der Waals surface area contributed by atoms with Gasteiger partial charge in [-0.3, -0.25) is 4.79 Å². The van der Waals surface area contributed by atoms with Crippen LogP contribution in [0.15, 0.2) is 24.3 Å². The highest BCUT2D eigenvalue weighted by molar-refractivity contribution is 5.66. The van der Waals surface area contributed by atoms with Gasteiger partial charge in [-0.1, -0.05) is 0 Å². The minimum atomic E-state index is -0.877. The molecule has 0 aliphatic rings. The van der Waals surface area contributed by atoms with Gasteiger partial charge in [-0.2, -0.15) is 0 Å². The summed E-state index contributed by atoms with van der Waals surface area (Å²) >= 11 is 0. The number of benzene rings is 1. The van der Waals surface area contributed by atoms with Crippen LogP contribution >= 0.6 is 0 Å². The summed E-state index contributed by atoms with van der Waals surface area (Å²) in [5.41, 5.74) is 0.817. The van der Waals surface area contributed by atoms with Crippen LogP contribution in [0.1, 0.15) is 12.2 Å². The van der Waals surface area contributed by atoms with Crippen LogP contribution in [-0.2, 0) is 61.6 Å². The van der Waals surface area contributed by atoms with Gasteiger partial charge in [0.2, 0.25) is 5.82 Å². The molecule has 0 atom stereocenters. The second kappa shape index (κ2) is 36.6. The van der Waals surface area contributed by atoms with E-state index in [0.29, 0.717) is 170 Å². The van der Waals surface area contributed by atoms with E-state index in [9.17, 15) is 4.79 Å². The highest BCUT2D eigenvalue weighted by Crippen LogP contribution is 2.18. The summed E-state index contributed by atoms with van der Waals surface area (Å²) in [6.45, 7) is 13.1. The van der Waals surface area contributed by atoms with E-state index < -0.39 is 5.97 Å². The van der Waals surface area contributed by atoms with Crippen LogP contribution in [0.4, 0.5) is 0 Å². The van der Waals surface area contributed by atoms with Crippen molar-refractivity contribution in [2.45, 2.75) is 13.3 Å². The van der Waals surface area contributed by atoms with Gasteiger partial charge in [-0.05, 0) is 31.2 Å². The van der Waals surface area contributed by atoms with Crippen LogP contribution in [-0.4, -0.2) is 197 Å². The summed E-state index contributed by atoms with van der Waals surface area (Å²) in [6.07, 6.45) is -0.00650. The lowest BCUT2D eigenvalue weighted by Gasteiger charge is -2.09. The number of aliphatic carboxylic acids is 1. The van der Waals surface area contributed by atoms with E-state index in [4.69, 9.17) is 66.7 Å². The molecular formula is C36H60N4O15. The van der Waals surface area contributed by atoms with Gasteiger partial charge in [0.15, 0.2) is 5.82 Å². The fraction of sp³-hybridized carbons (Fsp3) is 0.750. The number of carbonyl (C=O) groups is 1. The van der Waals surface area contributed by atoms with Gasteiger partial charge < -0.3 is 66.7 Å². The molecule has 0 fully saturated rings. The second-order valence-corrected chi connectivity index (χ2v) is 11.1. The number of carboxylic acid groups (broad SMARTS) is 1. The van der Waals surface area contributed by atoms with Gasteiger partial charge in [-0.15, -0.1) is 20.4 Å². The number of aryl methyl sites for hydroxylation is 1. The maximum Gasteiger partial charge on any atom is 0.305 e. The number of ether oxygens (including phenoxy) is 13. The van der Waals surface area contributed by atoms with Crippen molar-refractivity contribution in [1.29, 1.82) is 0 Å². The molecule has 0 amide bonds. The lowest BCUT2D eigenvalue weighted by molar-refractivity contribution is -0.138. The van der Waals surface area contributed by atoms with Gasteiger partial charge >= 0.3 is 5.97 Å². The summed E-state index contributed by atoms with van der Waals surface area (Å²) in [5, 5.41) is 24.4. The molecule has 55 heavy (non-hydrogen) atoms. The first-order valence-corrected chi connectivity index (χ1v) is 18.6. The Labute approximate surface area is 323 Å². The van der Waals surface area contributed by atoms with Gasteiger partial charge in [0, 0.05) is 5.56 Å². The summed E-state index contributed by atoms with van der Waals surface area (Å²) in [6, 6.07) is 7.41. The Hall–Kier alpha value is -3.05. The van der Waals surface area contributed by atoms with E-state index in [1.165, 1.54) is 0 Å². The number of hydrogen-bond acceptors (Lipinski definition) is 18. The van der Waals surface area contributed by atoms with Crippen LogP contribution in [0.25, 0.3) is 11.4 Å². The largest absolute Gasteiger partial charge is 0.491 e. The number of aromatic nitrogens is 4. The predicted molar refractivity (Wildman–Crippen MR) is 195 cm³/mol. The molecule has 2 aromatic rings. The average Bonchev–Trinajstić information content (AvgIpc) is 3.19. The first-order valence-electron chi connectivity index (χ1n) is 18.6. The minimum Gasteiger partial charge on any atom is -0.491 e. The normalized spacial score (nSPS) is 11.4. The minimum absolute atomic E-state index is 0.00650. The van der Waals surface area contributed by atoms with Gasteiger partial charge in [0.05, 0.1) is 165 Å². The standard InChI is InChI=1S/C36H60N4O15/c1-32-37-39-36(40-38-32)33-2-4-34(5-3-33)55-31-30-54-29-28-53-27-26-52-25-24-51-23-22-50-21-20-49-19-18-48-17-16-47-15-14-46-13-12-45-11-10-44-9-8-43-7-6-35(41)42/h2-5H,6-31H2,1H3,(H,41,42). The van der Waals surface area contributed by atoms with E-state index in [0.717, 1.165) is 11.3 Å². The third-order valence-electron chi connectivity index (χ3n) is 6.74. The molecule has 1 N–H and O–H groups in total. The average molecular weight is 789 g/mol. The Morgan fingerprint density at radius 2 is 0.691 bits per heavy atom. The first kappa shape index (κ1) is 48.1. The summed E-state index contributed by atoms with van der Waals surface area (Å²) < 4.78 is 70.9. The summed E-state index contributed by atoms with van der Waals surface area (Å²) in [7, 11) is 0. The van der Waals surface area contributed by atoms with Gasteiger partial charge in [-0.25, -0.2) is 0 Å².